The number of aliphatic carboxylic acids is 1. The van der Waals surface area contributed by atoms with Crippen LogP contribution < -0.4 is 4.74 Å². The van der Waals surface area contributed by atoms with Gasteiger partial charge in [-0.1, -0.05) is 36.4 Å². The Hall–Kier alpha value is -2.92. The first-order chi connectivity index (χ1) is 13.7. The van der Waals surface area contributed by atoms with Gasteiger partial charge in [-0.2, -0.15) is 0 Å². The zero-order valence-electron chi connectivity index (χ0n) is 15.9. The van der Waals surface area contributed by atoms with Crippen molar-refractivity contribution in [2.75, 3.05) is 20.2 Å². The number of aromatic nitrogens is 1. The van der Waals surface area contributed by atoms with Crippen molar-refractivity contribution in [2.45, 2.75) is 18.9 Å². The maximum Gasteiger partial charge on any atom is 0.306 e. The first-order valence-corrected chi connectivity index (χ1v) is 9.62. The van der Waals surface area contributed by atoms with Gasteiger partial charge < -0.3 is 9.84 Å². The second-order valence-corrected chi connectivity index (χ2v) is 7.25. The molecule has 3 aromatic rings. The van der Waals surface area contributed by atoms with Gasteiger partial charge in [0.15, 0.2) is 0 Å². The number of hydrogen-bond donors (Lipinski definition) is 1. The number of carboxylic acid groups (broad SMARTS) is 1. The molecule has 5 heteroatoms. The van der Waals surface area contributed by atoms with Crippen LogP contribution in [0.4, 0.5) is 0 Å². The minimum atomic E-state index is -0.694. The number of nitrogens with zero attached hydrogens (tertiary/aromatic N) is 2. The summed E-state index contributed by atoms with van der Waals surface area (Å²) in [5.41, 5.74) is 3.14. The number of methoxy groups -OCH3 is 1. The number of benzene rings is 2. The SMILES string of the molecule is COc1ccccc1C(c1cnc2ccccc2c1)N1CCC(C(=O)O)CC1. The van der Waals surface area contributed by atoms with E-state index in [1.54, 1.807) is 7.11 Å². The average molecular weight is 376 g/mol. The molecule has 144 valence electrons. The average Bonchev–Trinajstić information content (AvgIpc) is 2.74. The van der Waals surface area contributed by atoms with Gasteiger partial charge in [-0.3, -0.25) is 14.7 Å². The van der Waals surface area contributed by atoms with Crippen LogP contribution in [0.5, 0.6) is 5.75 Å². The molecule has 1 aliphatic rings. The van der Waals surface area contributed by atoms with E-state index in [0.717, 1.165) is 40.9 Å². The first-order valence-electron chi connectivity index (χ1n) is 9.62. The fraction of sp³-hybridized carbons (Fsp3) is 0.304. The molecule has 0 saturated carbocycles. The number of carboxylic acids is 1. The van der Waals surface area contributed by atoms with E-state index >= 15 is 0 Å². The van der Waals surface area contributed by atoms with Gasteiger partial charge in [-0.05, 0) is 49.7 Å². The molecular weight excluding hydrogens is 352 g/mol. The smallest absolute Gasteiger partial charge is 0.306 e. The summed E-state index contributed by atoms with van der Waals surface area (Å²) in [6, 6.07) is 18.3. The number of piperidine rings is 1. The molecule has 1 unspecified atom stereocenters. The zero-order valence-corrected chi connectivity index (χ0v) is 15.9. The summed E-state index contributed by atoms with van der Waals surface area (Å²) >= 11 is 0. The van der Waals surface area contributed by atoms with Crippen LogP contribution in [-0.4, -0.2) is 41.2 Å². The summed E-state index contributed by atoms with van der Waals surface area (Å²) in [6.45, 7) is 1.46. The van der Waals surface area contributed by atoms with Crippen molar-refractivity contribution in [1.82, 2.24) is 9.88 Å². The highest BCUT2D eigenvalue weighted by molar-refractivity contribution is 5.79. The van der Waals surface area contributed by atoms with E-state index in [0.29, 0.717) is 12.8 Å². The third-order valence-electron chi connectivity index (χ3n) is 5.60. The maximum absolute atomic E-state index is 11.4. The van der Waals surface area contributed by atoms with Crippen LogP contribution in [-0.2, 0) is 4.79 Å². The summed E-state index contributed by atoms with van der Waals surface area (Å²) in [4.78, 5) is 18.4. The van der Waals surface area contributed by atoms with Crippen molar-refractivity contribution < 1.29 is 14.6 Å². The molecule has 2 aromatic carbocycles. The van der Waals surface area contributed by atoms with Crippen LogP contribution in [0.1, 0.15) is 30.0 Å². The van der Waals surface area contributed by atoms with E-state index in [-0.39, 0.29) is 12.0 Å². The number of carbonyl (C=O) groups is 1. The van der Waals surface area contributed by atoms with Crippen LogP contribution in [0, 0.1) is 5.92 Å². The van der Waals surface area contributed by atoms with Crippen LogP contribution in [0.2, 0.25) is 0 Å². The predicted octanol–water partition coefficient (Wildman–Crippen LogP) is 4.13. The monoisotopic (exact) mass is 376 g/mol. The maximum atomic E-state index is 11.4. The summed E-state index contributed by atoms with van der Waals surface area (Å²) < 4.78 is 5.64. The Kier molecular flexibility index (Phi) is 5.26. The Balaban J connectivity index is 1.76. The van der Waals surface area contributed by atoms with Gasteiger partial charge in [0.1, 0.15) is 5.75 Å². The highest BCUT2D eigenvalue weighted by Crippen LogP contribution is 2.37. The van der Waals surface area contributed by atoms with Crippen molar-refractivity contribution in [2.24, 2.45) is 5.92 Å². The molecule has 0 amide bonds. The summed E-state index contributed by atoms with van der Waals surface area (Å²) in [7, 11) is 1.69. The molecule has 2 heterocycles. The van der Waals surface area contributed by atoms with Gasteiger partial charge >= 0.3 is 5.97 Å². The number of ether oxygens (including phenoxy) is 1. The van der Waals surface area contributed by atoms with E-state index < -0.39 is 5.97 Å². The summed E-state index contributed by atoms with van der Waals surface area (Å²) in [5.74, 6) is -0.119. The molecule has 0 aliphatic carbocycles. The van der Waals surface area contributed by atoms with Crippen LogP contribution in [0.15, 0.2) is 60.8 Å². The molecule has 0 radical (unpaired) electrons. The molecule has 1 fully saturated rings. The van der Waals surface area contributed by atoms with E-state index in [1.165, 1.54) is 0 Å². The summed E-state index contributed by atoms with van der Waals surface area (Å²) in [6.07, 6.45) is 3.24. The molecular formula is C23H24N2O3. The van der Waals surface area contributed by atoms with Gasteiger partial charge in [0, 0.05) is 17.1 Å². The molecule has 1 atom stereocenters. The number of fused-ring (bicyclic) bond motifs is 1. The molecule has 5 nitrogen and oxygen atoms in total. The lowest BCUT2D eigenvalue weighted by Crippen LogP contribution is -2.39. The number of rotatable bonds is 5. The molecule has 28 heavy (non-hydrogen) atoms. The number of hydrogen-bond acceptors (Lipinski definition) is 4. The zero-order chi connectivity index (χ0) is 19.5. The molecule has 0 bridgehead atoms. The molecule has 4 rings (SSSR count). The largest absolute Gasteiger partial charge is 0.496 e. The first kappa shape index (κ1) is 18.4. The fourth-order valence-electron chi connectivity index (χ4n) is 4.12. The topological polar surface area (TPSA) is 62.7 Å². The van der Waals surface area contributed by atoms with Gasteiger partial charge in [0.05, 0.1) is 24.6 Å². The minimum absolute atomic E-state index is 0.0250. The highest BCUT2D eigenvalue weighted by Gasteiger charge is 2.31. The van der Waals surface area contributed by atoms with Crippen LogP contribution in [0.3, 0.4) is 0 Å². The second kappa shape index (κ2) is 7.98. The third kappa shape index (κ3) is 3.58. The normalized spacial score (nSPS) is 16.8. The van der Waals surface area contributed by atoms with Gasteiger partial charge in [0.25, 0.3) is 0 Å². The Morgan fingerprint density at radius 2 is 1.86 bits per heavy atom. The van der Waals surface area contributed by atoms with Crippen molar-refractivity contribution in [3.05, 3.63) is 71.9 Å². The van der Waals surface area contributed by atoms with Crippen molar-refractivity contribution in [1.29, 1.82) is 0 Å². The van der Waals surface area contributed by atoms with Gasteiger partial charge in [-0.15, -0.1) is 0 Å². The second-order valence-electron chi connectivity index (χ2n) is 7.25. The molecule has 1 aromatic heterocycles. The van der Waals surface area contributed by atoms with E-state index in [4.69, 9.17) is 4.74 Å². The molecule has 1 N–H and O–H groups in total. The number of pyridine rings is 1. The Morgan fingerprint density at radius 1 is 1.14 bits per heavy atom. The van der Waals surface area contributed by atoms with Crippen LogP contribution in [0.25, 0.3) is 10.9 Å². The van der Waals surface area contributed by atoms with E-state index in [1.807, 2.05) is 42.6 Å². The lowest BCUT2D eigenvalue weighted by molar-refractivity contribution is -0.143. The van der Waals surface area contributed by atoms with Crippen molar-refractivity contribution in [3.63, 3.8) is 0 Å². The van der Waals surface area contributed by atoms with Crippen molar-refractivity contribution in [3.8, 4) is 5.75 Å². The molecule has 0 spiro atoms. The third-order valence-corrected chi connectivity index (χ3v) is 5.60. The highest BCUT2D eigenvalue weighted by atomic mass is 16.5. The molecule has 1 aliphatic heterocycles. The summed E-state index contributed by atoms with van der Waals surface area (Å²) in [5, 5.41) is 10.4. The Labute approximate surface area is 164 Å². The van der Waals surface area contributed by atoms with E-state index in [2.05, 4.69) is 28.1 Å². The lowest BCUT2D eigenvalue weighted by Gasteiger charge is -2.37. The number of para-hydroxylation sites is 2. The Morgan fingerprint density at radius 3 is 2.61 bits per heavy atom. The van der Waals surface area contributed by atoms with Crippen LogP contribution >= 0.6 is 0 Å². The van der Waals surface area contributed by atoms with Gasteiger partial charge in [-0.25, -0.2) is 0 Å². The van der Waals surface area contributed by atoms with Crippen molar-refractivity contribution >= 4 is 16.9 Å². The van der Waals surface area contributed by atoms with Gasteiger partial charge in [0.2, 0.25) is 0 Å². The number of likely N-dealkylation sites (tertiary alicyclic amines) is 1. The van der Waals surface area contributed by atoms with E-state index in [9.17, 15) is 9.90 Å². The molecule has 1 saturated heterocycles. The standard InChI is InChI=1S/C23H24N2O3/c1-28-21-9-5-3-7-19(21)22(25-12-10-16(11-13-25)23(26)27)18-14-17-6-2-4-8-20(17)24-15-18/h2-9,14-16,22H,10-13H2,1H3,(H,26,27). The predicted molar refractivity (Wildman–Crippen MR) is 109 cm³/mol. The minimum Gasteiger partial charge on any atom is -0.496 e. The fourth-order valence-corrected chi connectivity index (χ4v) is 4.12. The quantitative estimate of drug-likeness (QED) is 0.725. The lowest BCUT2D eigenvalue weighted by atomic mass is 9.91. The Bertz CT molecular complexity index is 980.